The van der Waals surface area contributed by atoms with Gasteiger partial charge in [0.25, 0.3) is 0 Å². The Morgan fingerprint density at radius 2 is 1.76 bits per heavy atom. The number of nitrogens with zero attached hydrogens (tertiary/aromatic N) is 3. The lowest BCUT2D eigenvalue weighted by Crippen LogP contribution is -2.52. The molecule has 1 aliphatic heterocycles. The summed E-state index contributed by atoms with van der Waals surface area (Å²) in [7, 11) is 5.57. The summed E-state index contributed by atoms with van der Waals surface area (Å²) < 4.78 is 10.9. The summed E-state index contributed by atoms with van der Waals surface area (Å²) in [6.45, 7) is 8.36. The number of methoxy groups -OCH3 is 2. The predicted molar refractivity (Wildman–Crippen MR) is 141 cm³/mol. The first-order chi connectivity index (χ1) is 15.9. The zero-order valence-electron chi connectivity index (χ0n) is 21.3. The van der Waals surface area contributed by atoms with Crippen LogP contribution in [0, 0.1) is 17.2 Å². The van der Waals surface area contributed by atoms with Crippen molar-refractivity contribution < 1.29 is 9.47 Å². The molecule has 0 bridgehead atoms. The lowest BCUT2D eigenvalue weighted by Gasteiger charge is -2.50. The maximum absolute atomic E-state index is 9.26. The molecular weight excluding hydrogens is 446 g/mol. The van der Waals surface area contributed by atoms with Crippen LogP contribution in [0.15, 0.2) is 48.5 Å². The van der Waals surface area contributed by atoms with Gasteiger partial charge >= 0.3 is 0 Å². The number of likely N-dealkylation sites (tertiary alicyclic amines) is 1. The Morgan fingerprint density at radius 1 is 1.06 bits per heavy atom. The number of nitriles is 1. The van der Waals surface area contributed by atoms with Gasteiger partial charge in [0.2, 0.25) is 0 Å². The van der Waals surface area contributed by atoms with Crippen LogP contribution in [0.25, 0.3) is 0 Å². The van der Waals surface area contributed by atoms with Crippen molar-refractivity contribution in [2.45, 2.75) is 51.1 Å². The third kappa shape index (κ3) is 6.44. The van der Waals surface area contributed by atoms with Crippen molar-refractivity contribution in [2.75, 3.05) is 40.9 Å². The molecule has 2 aromatic rings. The molecule has 0 radical (unpaired) electrons. The van der Waals surface area contributed by atoms with Crippen molar-refractivity contribution in [2.24, 2.45) is 5.92 Å². The molecule has 5 nitrogen and oxygen atoms in total. The quantitative estimate of drug-likeness (QED) is 0.443. The van der Waals surface area contributed by atoms with Crippen LogP contribution in [-0.4, -0.2) is 56.7 Å². The second kappa shape index (κ2) is 13.0. The van der Waals surface area contributed by atoms with Crippen molar-refractivity contribution in [3.63, 3.8) is 0 Å². The standard InChI is InChI=1S/C28H39N3O2.ClH/c1-22-20-30(3)23(2)19-28(22,25-10-7-6-8-11-25)14-17-31(16-9-15-29)21-24-12-13-26(32-4)27(18-24)33-5;/h6-8,10-13,18,22-23H,9,14,16-17,19-21H2,1-5H3;1H. The van der Waals surface area contributed by atoms with Crippen LogP contribution in [0.2, 0.25) is 0 Å². The van der Waals surface area contributed by atoms with Gasteiger partial charge in [0.15, 0.2) is 11.5 Å². The van der Waals surface area contributed by atoms with Crippen LogP contribution in [0.5, 0.6) is 11.5 Å². The van der Waals surface area contributed by atoms with Crippen molar-refractivity contribution in [3.05, 3.63) is 59.7 Å². The van der Waals surface area contributed by atoms with Gasteiger partial charge in [-0.05, 0) is 62.5 Å². The monoisotopic (exact) mass is 485 g/mol. The van der Waals surface area contributed by atoms with E-state index in [0.717, 1.165) is 50.5 Å². The molecular formula is C28H40ClN3O2. The molecule has 0 spiro atoms. The molecule has 1 fully saturated rings. The normalized spacial score (nSPS) is 22.6. The van der Waals surface area contributed by atoms with Gasteiger partial charge in [0.05, 0.1) is 20.3 Å². The Labute approximate surface area is 212 Å². The van der Waals surface area contributed by atoms with Gasteiger partial charge in [0, 0.05) is 37.5 Å². The van der Waals surface area contributed by atoms with Gasteiger partial charge in [-0.3, -0.25) is 4.90 Å². The van der Waals surface area contributed by atoms with Crippen LogP contribution in [0.4, 0.5) is 0 Å². The lowest BCUT2D eigenvalue weighted by atomic mass is 9.63. The fraction of sp³-hybridized carbons (Fsp3) is 0.536. The number of hydrogen-bond acceptors (Lipinski definition) is 5. The van der Waals surface area contributed by atoms with E-state index >= 15 is 0 Å². The van der Waals surface area contributed by atoms with Gasteiger partial charge < -0.3 is 14.4 Å². The number of piperidine rings is 1. The minimum Gasteiger partial charge on any atom is -0.493 e. The first-order valence-electron chi connectivity index (χ1n) is 12.0. The highest BCUT2D eigenvalue weighted by atomic mass is 35.5. The van der Waals surface area contributed by atoms with Crippen LogP contribution in [0.1, 0.15) is 44.2 Å². The third-order valence-corrected chi connectivity index (χ3v) is 7.53. The molecule has 2 aromatic carbocycles. The summed E-state index contributed by atoms with van der Waals surface area (Å²) in [6.07, 6.45) is 2.76. The SMILES string of the molecule is COc1ccc(CN(CCC#N)CCC2(c3ccccc3)CC(C)N(C)CC2C)cc1OC.Cl. The highest BCUT2D eigenvalue weighted by molar-refractivity contribution is 5.85. The molecule has 0 amide bonds. The Hall–Kier alpha value is -2.26. The second-order valence-corrected chi connectivity index (χ2v) is 9.54. The first-order valence-corrected chi connectivity index (χ1v) is 12.0. The molecule has 186 valence electrons. The average Bonchev–Trinajstić information content (AvgIpc) is 2.84. The zero-order valence-corrected chi connectivity index (χ0v) is 22.1. The zero-order chi connectivity index (χ0) is 23.8. The summed E-state index contributed by atoms with van der Waals surface area (Å²) in [4.78, 5) is 4.91. The molecule has 1 saturated heterocycles. The number of rotatable bonds is 10. The molecule has 3 unspecified atom stereocenters. The van der Waals surface area contributed by atoms with E-state index in [9.17, 15) is 5.26 Å². The topological polar surface area (TPSA) is 48.7 Å². The summed E-state index contributed by atoms with van der Waals surface area (Å²) in [5.41, 5.74) is 2.75. The van der Waals surface area contributed by atoms with Crippen molar-refractivity contribution in [1.82, 2.24) is 9.80 Å². The van der Waals surface area contributed by atoms with E-state index in [1.54, 1.807) is 14.2 Å². The minimum atomic E-state index is 0. The molecule has 0 aliphatic carbocycles. The molecule has 3 rings (SSSR count). The third-order valence-electron chi connectivity index (χ3n) is 7.53. The van der Waals surface area contributed by atoms with Gasteiger partial charge in [0.1, 0.15) is 0 Å². The van der Waals surface area contributed by atoms with Gasteiger partial charge in [-0.2, -0.15) is 5.26 Å². The predicted octanol–water partition coefficient (Wildman–Crippen LogP) is 5.53. The van der Waals surface area contributed by atoms with Crippen molar-refractivity contribution in [1.29, 1.82) is 5.26 Å². The van der Waals surface area contributed by atoms with E-state index in [4.69, 9.17) is 9.47 Å². The van der Waals surface area contributed by atoms with E-state index in [-0.39, 0.29) is 17.8 Å². The second-order valence-electron chi connectivity index (χ2n) is 9.54. The van der Waals surface area contributed by atoms with Crippen LogP contribution in [-0.2, 0) is 12.0 Å². The van der Waals surface area contributed by atoms with Gasteiger partial charge in [-0.25, -0.2) is 0 Å². The molecule has 0 saturated carbocycles. The molecule has 34 heavy (non-hydrogen) atoms. The van der Waals surface area contributed by atoms with E-state index in [2.05, 4.69) is 73.2 Å². The van der Waals surface area contributed by atoms with Crippen LogP contribution in [0.3, 0.4) is 0 Å². The number of hydrogen-bond donors (Lipinski definition) is 0. The molecule has 1 aliphatic rings. The fourth-order valence-electron chi connectivity index (χ4n) is 5.41. The summed E-state index contributed by atoms with van der Waals surface area (Å²) in [5.74, 6) is 2.04. The molecule has 6 heteroatoms. The highest BCUT2D eigenvalue weighted by Crippen LogP contribution is 2.44. The Bertz CT molecular complexity index is 933. The van der Waals surface area contributed by atoms with Crippen LogP contribution < -0.4 is 9.47 Å². The lowest BCUT2D eigenvalue weighted by molar-refractivity contribution is 0.0602. The average molecular weight is 486 g/mol. The molecule has 0 aromatic heterocycles. The summed E-state index contributed by atoms with van der Waals surface area (Å²) >= 11 is 0. The minimum absolute atomic E-state index is 0. The number of benzene rings is 2. The maximum Gasteiger partial charge on any atom is 0.161 e. The fourth-order valence-corrected chi connectivity index (χ4v) is 5.41. The Balaban J connectivity index is 0.00000408. The van der Waals surface area contributed by atoms with Gasteiger partial charge in [-0.1, -0.05) is 43.3 Å². The smallest absolute Gasteiger partial charge is 0.161 e. The number of halogens is 1. The molecule has 1 heterocycles. The first kappa shape index (κ1) is 28.0. The summed E-state index contributed by atoms with van der Waals surface area (Å²) in [5, 5.41) is 9.26. The van der Waals surface area contributed by atoms with E-state index < -0.39 is 0 Å². The van der Waals surface area contributed by atoms with Gasteiger partial charge in [-0.15, -0.1) is 12.4 Å². The maximum atomic E-state index is 9.26. The van der Waals surface area contributed by atoms with Crippen LogP contribution >= 0.6 is 12.4 Å². The van der Waals surface area contributed by atoms with E-state index in [1.807, 2.05) is 12.1 Å². The Kier molecular flexibility index (Phi) is 10.7. The van der Waals surface area contributed by atoms with E-state index in [1.165, 1.54) is 11.1 Å². The number of ether oxygens (including phenoxy) is 2. The Morgan fingerprint density at radius 3 is 2.41 bits per heavy atom. The summed E-state index contributed by atoms with van der Waals surface area (Å²) in [6, 6.07) is 20.0. The largest absolute Gasteiger partial charge is 0.493 e. The van der Waals surface area contributed by atoms with Crippen molar-refractivity contribution >= 4 is 12.4 Å². The molecule has 0 N–H and O–H groups in total. The van der Waals surface area contributed by atoms with Crippen molar-refractivity contribution in [3.8, 4) is 17.6 Å². The highest BCUT2D eigenvalue weighted by Gasteiger charge is 2.43. The van der Waals surface area contributed by atoms with E-state index in [0.29, 0.717) is 18.4 Å². The molecule has 3 atom stereocenters.